The van der Waals surface area contributed by atoms with Gasteiger partial charge in [-0.2, -0.15) is 0 Å². The number of nitrogens with one attached hydrogen (secondary N) is 1. The topological polar surface area (TPSA) is 105 Å². The van der Waals surface area contributed by atoms with Crippen LogP contribution in [0.25, 0.3) is 0 Å². The van der Waals surface area contributed by atoms with E-state index in [4.69, 9.17) is 10.8 Å². The van der Waals surface area contributed by atoms with Crippen molar-refractivity contribution < 1.29 is 14.7 Å². The standard InChI is InChI=1S/C11H17N3O3S/c1-5(2)7(10(16)17)4-13-9(15)8-6(3)14-11(12)18-8/h5,7H,4H2,1-3H3,(H2,12,14)(H,13,15)(H,16,17). The summed E-state index contributed by atoms with van der Waals surface area (Å²) in [7, 11) is 0. The van der Waals surface area contributed by atoms with Crippen LogP contribution in [0.5, 0.6) is 0 Å². The molecule has 0 aliphatic rings. The molecule has 1 aromatic rings. The molecule has 1 rings (SSSR count). The second-order valence-electron chi connectivity index (χ2n) is 4.37. The number of rotatable bonds is 5. The Morgan fingerprint density at radius 3 is 2.50 bits per heavy atom. The fourth-order valence-electron chi connectivity index (χ4n) is 1.52. The Labute approximate surface area is 109 Å². The van der Waals surface area contributed by atoms with Crippen LogP contribution in [-0.4, -0.2) is 28.5 Å². The summed E-state index contributed by atoms with van der Waals surface area (Å²) in [6.45, 7) is 5.41. The van der Waals surface area contributed by atoms with Gasteiger partial charge in [0.05, 0.1) is 11.6 Å². The van der Waals surface area contributed by atoms with Gasteiger partial charge in [-0.1, -0.05) is 25.2 Å². The van der Waals surface area contributed by atoms with Crippen LogP contribution >= 0.6 is 11.3 Å². The number of carbonyl (C=O) groups is 2. The van der Waals surface area contributed by atoms with Crippen LogP contribution < -0.4 is 11.1 Å². The number of hydrogen-bond acceptors (Lipinski definition) is 5. The molecule has 0 spiro atoms. The van der Waals surface area contributed by atoms with Crippen LogP contribution in [0, 0.1) is 18.8 Å². The van der Waals surface area contributed by atoms with E-state index in [1.54, 1.807) is 20.8 Å². The molecule has 0 saturated carbocycles. The fourth-order valence-corrected chi connectivity index (χ4v) is 2.27. The molecule has 18 heavy (non-hydrogen) atoms. The molecule has 0 aliphatic carbocycles. The lowest BCUT2D eigenvalue weighted by molar-refractivity contribution is -0.142. The van der Waals surface area contributed by atoms with E-state index in [1.807, 2.05) is 0 Å². The Morgan fingerprint density at radius 2 is 2.11 bits per heavy atom. The van der Waals surface area contributed by atoms with Gasteiger partial charge in [0.15, 0.2) is 5.13 Å². The maximum Gasteiger partial charge on any atom is 0.308 e. The number of nitrogens with zero attached hydrogens (tertiary/aromatic N) is 1. The molecule has 4 N–H and O–H groups in total. The van der Waals surface area contributed by atoms with Gasteiger partial charge in [-0.15, -0.1) is 0 Å². The first-order valence-corrected chi connectivity index (χ1v) is 6.38. The van der Waals surface area contributed by atoms with Gasteiger partial charge in [0, 0.05) is 6.54 Å². The summed E-state index contributed by atoms with van der Waals surface area (Å²) in [6.07, 6.45) is 0. The molecular weight excluding hydrogens is 254 g/mol. The highest BCUT2D eigenvalue weighted by atomic mass is 32.1. The lowest BCUT2D eigenvalue weighted by Crippen LogP contribution is -2.35. The molecule has 0 bridgehead atoms. The summed E-state index contributed by atoms with van der Waals surface area (Å²) in [5, 5.41) is 11.9. The molecule has 7 heteroatoms. The molecule has 0 saturated heterocycles. The fraction of sp³-hybridized carbons (Fsp3) is 0.545. The van der Waals surface area contributed by atoms with Gasteiger partial charge in [0.2, 0.25) is 0 Å². The molecule has 1 aromatic heterocycles. The normalized spacial score (nSPS) is 12.4. The number of amides is 1. The third kappa shape index (κ3) is 3.43. The maximum absolute atomic E-state index is 11.8. The van der Waals surface area contributed by atoms with Crippen LogP contribution in [0.2, 0.25) is 0 Å². The third-order valence-electron chi connectivity index (χ3n) is 2.62. The number of thiazole rings is 1. The number of aromatic nitrogens is 1. The lowest BCUT2D eigenvalue weighted by Gasteiger charge is -2.16. The van der Waals surface area contributed by atoms with Crippen molar-refractivity contribution in [1.29, 1.82) is 0 Å². The van der Waals surface area contributed by atoms with Gasteiger partial charge in [-0.05, 0) is 12.8 Å². The Bertz CT molecular complexity index is 456. The van der Waals surface area contributed by atoms with Crippen LogP contribution in [-0.2, 0) is 4.79 Å². The highest BCUT2D eigenvalue weighted by Gasteiger charge is 2.23. The van der Waals surface area contributed by atoms with Crippen LogP contribution in [0.4, 0.5) is 5.13 Å². The summed E-state index contributed by atoms with van der Waals surface area (Å²) in [6, 6.07) is 0. The molecule has 1 atom stereocenters. The largest absolute Gasteiger partial charge is 0.481 e. The molecule has 0 aliphatic heterocycles. The number of hydrogen-bond donors (Lipinski definition) is 3. The van der Waals surface area contributed by atoms with Crippen molar-refractivity contribution in [1.82, 2.24) is 10.3 Å². The smallest absolute Gasteiger partial charge is 0.308 e. The summed E-state index contributed by atoms with van der Waals surface area (Å²) in [4.78, 5) is 27.2. The first kappa shape index (κ1) is 14.4. The van der Waals surface area contributed by atoms with E-state index in [0.29, 0.717) is 15.7 Å². The molecule has 1 heterocycles. The number of anilines is 1. The molecular formula is C11H17N3O3S. The number of nitrogen functional groups attached to an aromatic ring is 1. The summed E-state index contributed by atoms with van der Waals surface area (Å²) >= 11 is 1.10. The second kappa shape index (κ2) is 5.81. The van der Waals surface area contributed by atoms with Crippen molar-refractivity contribution in [3.63, 3.8) is 0 Å². The van der Waals surface area contributed by atoms with E-state index < -0.39 is 11.9 Å². The Hall–Kier alpha value is -1.63. The zero-order valence-electron chi connectivity index (χ0n) is 10.6. The molecule has 6 nitrogen and oxygen atoms in total. The second-order valence-corrected chi connectivity index (χ2v) is 5.40. The minimum absolute atomic E-state index is 0.0459. The van der Waals surface area contributed by atoms with Gasteiger partial charge < -0.3 is 16.2 Å². The van der Waals surface area contributed by atoms with Crippen molar-refractivity contribution >= 4 is 28.3 Å². The third-order valence-corrected chi connectivity index (χ3v) is 3.61. The predicted molar refractivity (Wildman–Crippen MR) is 69.6 cm³/mol. The van der Waals surface area contributed by atoms with Gasteiger partial charge in [0.25, 0.3) is 5.91 Å². The first-order chi connectivity index (χ1) is 8.32. The molecule has 0 aromatic carbocycles. The van der Waals surface area contributed by atoms with E-state index in [-0.39, 0.29) is 18.4 Å². The van der Waals surface area contributed by atoms with Crippen molar-refractivity contribution in [2.75, 3.05) is 12.3 Å². The molecule has 100 valence electrons. The summed E-state index contributed by atoms with van der Waals surface area (Å²) < 4.78 is 0. The first-order valence-electron chi connectivity index (χ1n) is 5.56. The minimum atomic E-state index is -0.911. The Balaban J connectivity index is 2.66. The van der Waals surface area contributed by atoms with Gasteiger partial charge in [0.1, 0.15) is 4.88 Å². The van der Waals surface area contributed by atoms with Crippen LogP contribution in [0.1, 0.15) is 29.2 Å². The van der Waals surface area contributed by atoms with E-state index in [1.165, 1.54) is 0 Å². The highest BCUT2D eigenvalue weighted by Crippen LogP contribution is 2.19. The van der Waals surface area contributed by atoms with Crippen molar-refractivity contribution in [2.45, 2.75) is 20.8 Å². The quantitative estimate of drug-likeness (QED) is 0.744. The van der Waals surface area contributed by atoms with Crippen molar-refractivity contribution in [3.05, 3.63) is 10.6 Å². The molecule has 1 unspecified atom stereocenters. The Morgan fingerprint density at radius 1 is 1.50 bits per heavy atom. The van der Waals surface area contributed by atoms with E-state index >= 15 is 0 Å². The van der Waals surface area contributed by atoms with E-state index in [0.717, 1.165) is 11.3 Å². The molecule has 0 radical (unpaired) electrons. The molecule has 0 fully saturated rings. The average molecular weight is 271 g/mol. The van der Waals surface area contributed by atoms with E-state index in [9.17, 15) is 9.59 Å². The zero-order valence-corrected chi connectivity index (χ0v) is 11.4. The zero-order chi connectivity index (χ0) is 13.9. The van der Waals surface area contributed by atoms with Crippen LogP contribution in [0.3, 0.4) is 0 Å². The van der Waals surface area contributed by atoms with Gasteiger partial charge in [-0.25, -0.2) is 4.98 Å². The highest BCUT2D eigenvalue weighted by molar-refractivity contribution is 7.17. The summed E-state index contributed by atoms with van der Waals surface area (Å²) in [5.41, 5.74) is 6.06. The number of carboxylic acids is 1. The summed E-state index contributed by atoms with van der Waals surface area (Å²) in [5.74, 6) is -1.88. The van der Waals surface area contributed by atoms with Crippen molar-refractivity contribution in [3.8, 4) is 0 Å². The van der Waals surface area contributed by atoms with Gasteiger partial charge in [-0.3, -0.25) is 9.59 Å². The number of carboxylic acid groups (broad SMARTS) is 1. The van der Waals surface area contributed by atoms with Crippen molar-refractivity contribution in [2.24, 2.45) is 11.8 Å². The lowest BCUT2D eigenvalue weighted by atomic mass is 9.96. The number of carbonyl (C=O) groups excluding carboxylic acids is 1. The number of nitrogens with two attached hydrogens (primary N) is 1. The van der Waals surface area contributed by atoms with Crippen LogP contribution in [0.15, 0.2) is 0 Å². The maximum atomic E-state index is 11.8. The number of aryl methyl sites for hydroxylation is 1. The number of aliphatic carboxylic acids is 1. The minimum Gasteiger partial charge on any atom is -0.481 e. The van der Waals surface area contributed by atoms with Gasteiger partial charge >= 0.3 is 5.97 Å². The SMILES string of the molecule is Cc1nc(N)sc1C(=O)NCC(C(=O)O)C(C)C. The average Bonchev–Trinajstić information content (AvgIpc) is 2.56. The Kier molecular flexibility index (Phi) is 4.66. The predicted octanol–water partition coefficient (Wildman–Crippen LogP) is 1.12. The van der Waals surface area contributed by atoms with E-state index in [2.05, 4.69) is 10.3 Å². The monoisotopic (exact) mass is 271 g/mol. The molecule has 1 amide bonds.